The lowest BCUT2D eigenvalue weighted by Gasteiger charge is -2.34. The van der Waals surface area contributed by atoms with Gasteiger partial charge in [-0.3, -0.25) is 14.8 Å². The number of furan rings is 1. The first-order valence-electron chi connectivity index (χ1n) is 7.96. The maximum Gasteiger partial charge on any atom is 0.323 e. The monoisotopic (exact) mass is 332 g/mol. The van der Waals surface area contributed by atoms with Crippen LogP contribution in [-0.2, 0) is 6.54 Å². The summed E-state index contributed by atoms with van der Waals surface area (Å²) in [4.78, 5) is 27.8. The first-order chi connectivity index (χ1) is 11.7. The third-order valence-electron chi connectivity index (χ3n) is 3.81. The van der Waals surface area contributed by atoms with Crippen molar-refractivity contribution in [3.8, 4) is 0 Å². The molecule has 1 saturated heterocycles. The fourth-order valence-electron chi connectivity index (χ4n) is 2.55. The van der Waals surface area contributed by atoms with Crippen LogP contribution < -0.4 is 5.32 Å². The van der Waals surface area contributed by atoms with E-state index in [1.54, 1.807) is 32.8 Å². The SMILES string of the molecule is CCCn1cc(NC(=O)N2CCN(C(=O)c3ccco3)CC2)nn1. The fraction of sp³-hybridized carbons (Fsp3) is 0.467. The van der Waals surface area contributed by atoms with Gasteiger partial charge in [-0.25, -0.2) is 4.79 Å². The largest absolute Gasteiger partial charge is 0.459 e. The second-order valence-electron chi connectivity index (χ2n) is 5.55. The zero-order valence-electron chi connectivity index (χ0n) is 13.5. The Kier molecular flexibility index (Phi) is 4.78. The van der Waals surface area contributed by atoms with Crippen molar-refractivity contribution in [3.05, 3.63) is 30.4 Å². The van der Waals surface area contributed by atoms with Crippen molar-refractivity contribution >= 4 is 17.8 Å². The molecule has 0 spiro atoms. The van der Waals surface area contributed by atoms with Crippen LogP contribution in [0, 0.1) is 0 Å². The Morgan fingerprint density at radius 2 is 2.00 bits per heavy atom. The highest BCUT2D eigenvalue weighted by Gasteiger charge is 2.26. The summed E-state index contributed by atoms with van der Waals surface area (Å²) in [6.45, 7) is 4.66. The highest BCUT2D eigenvalue weighted by atomic mass is 16.3. The minimum absolute atomic E-state index is 0.150. The van der Waals surface area contributed by atoms with E-state index >= 15 is 0 Å². The number of aromatic nitrogens is 3. The van der Waals surface area contributed by atoms with Gasteiger partial charge in [0.25, 0.3) is 5.91 Å². The molecule has 0 radical (unpaired) electrons. The van der Waals surface area contributed by atoms with E-state index in [2.05, 4.69) is 15.6 Å². The van der Waals surface area contributed by atoms with E-state index in [4.69, 9.17) is 4.42 Å². The fourth-order valence-corrected chi connectivity index (χ4v) is 2.55. The number of anilines is 1. The molecule has 9 nitrogen and oxygen atoms in total. The van der Waals surface area contributed by atoms with Gasteiger partial charge in [-0.15, -0.1) is 5.10 Å². The Hall–Kier alpha value is -2.84. The van der Waals surface area contributed by atoms with Crippen molar-refractivity contribution in [1.29, 1.82) is 0 Å². The third kappa shape index (κ3) is 3.55. The van der Waals surface area contributed by atoms with Crippen LogP contribution in [0.15, 0.2) is 29.0 Å². The van der Waals surface area contributed by atoms with E-state index in [1.807, 2.05) is 6.92 Å². The highest BCUT2D eigenvalue weighted by Crippen LogP contribution is 2.11. The van der Waals surface area contributed by atoms with Crippen molar-refractivity contribution in [2.75, 3.05) is 31.5 Å². The van der Waals surface area contributed by atoms with Gasteiger partial charge in [-0.1, -0.05) is 12.1 Å². The number of nitrogens with zero attached hydrogens (tertiary/aromatic N) is 5. The van der Waals surface area contributed by atoms with E-state index in [9.17, 15) is 9.59 Å². The summed E-state index contributed by atoms with van der Waals surface area (Å²) in [7, 11) is 0. The molecule has 3 rings (SSSR count). The lowest BCUT2D eigenvalue weighted by molar-refractivity contribution is 0.0640. The van der Waals surface area contributed by atoms with Gasteiger partial charge < -0.3 is 14.2 Å². The van der Waals surface area contributed by atoms with Crippen LogP contribution in [0.3, 0.4) is 0 Å². The number of hydrogen-bond acceptors (Lipinski definition) is 5. The Balaban J connectivity index is 1.50. The Morgan fingerprint density at radius 3 is 2.67 bits per heavy atom. The molecular formula is C15H20N6O3. The van der Waals surface area contributed by atoms with E-state index in [0.717, 1.165) is 13.0 Å². The van der Waals surface area contributed by atoms with Crippen LogP contribution in [0.25, 0.3) is 0 Å². The summed E-state index contributed by atoms with van der Waals surface area (Å²) >= 11 is 0. The van der Waals surface area contributed by atoms with Crippen LogP contribution in [0.4, 0.5) is 10.6 Å². The topological polar surface area (TPSA) is 96.5 Å². The molecule has 3 amide bonds. The molecule has 1 N–H and O–H groups in total. The molecule has 0 aliphatic carbocycles. The molecular weight excluding hydrogens is 312 g/mol. The summed E-state index contributed by atoms with van der Waals surface area (Å²) in [5.41, 5.74) is 0. The minimum Gasteiger partial charge on any atom is -0.459 e. The van der Waals surface area contributed by atoms with Gasteiger partial charge >= 0.3 is 6.03 Å². The summed E-state index contributed by atoms with van der Waals surface area (Å²) in [6, 6.07) is 3.09. The van der Waals surface area contributed by atoms with E-state index in [0.29, 0.717) is 37.8 Å². The van der Waals surface area contributed by atoms with Crippen LogP contribution in [0.1, 0.15) is 23.9 Å². The van der Waals surface area contributed by atoms with E-state index in [-0.39, 0.29) is 11.9 Å². The normalized spacial score (nSPS) is 14.7. The lowest BCUT2D eigenvalue weighted by atomic mass is 10.3. The van der Waals surface area contributed by atoms with Gasteiger partial charge in [0.05, 0.1) is 12.5 Å². The molecule has 0 bridgehead atoms. The molecule has 1 aliphatic rings. The van der Waals surface area contributed by atoms with Crippen LogP contribution in [0.5, 0.6) is 0 Å². The Morgan fingerprint density at radius 1 is 1.25 bits per heavy atom. The standard InChI is InChI=1S/C15H20N6O3/c1-2-5-21-11-13(17-18-21)16-15(23)20-8-6-19(7-9-20)14(22)12-4-3-10-24-12/h3-4,10-11H,2,5-9H2,1H3,(H,16,23). The number of urea groups is 1. The molecule has 1 aliphatic heterocycles. The number of hydrogen-bond donors (Lipinski definition) is 1. The average molecular weight is 332 g/mol. The maximum absolute atomic E-state index is 12.3. The van der Waals surface area contributed by atoms with Gasteiger partial charge in [0.1, 0.15) is 0 Å². The molecule has 0 saturated carbocycles. The molecule has 2 aromatic heterocycles. The molecule has 3 heterocycles. The summed E-state index contributed by atoms with van der Waals surface area (Å²) < 4.78 is 6.81. The summed E-state index contributed by atoms with van der Waals surface area (Å²) in [6.07, 6.45) is 4.13. The van der Waals surface area contributed by atoms with Crippen LogP contribution >= 0.6 is 0 Å². The molecule has 0 atom stereocenters. The molecule has 0 aromatic carbocycles. The van der Waals surface area contributed by atoms with Crippen molar-refractivity contribution in [2.45, 2.75) is 19.9 Å². The van der Waals surface area contributed by atoms with Crippen LogP contribution in [-0.4, -0.2) is 62.9 Å². The first kappa shape index (κ1) is 16.0. The number of carbonyl (C=O) groups excluding carboxylic acids is 2. The summed E-state index contributed by atoms with van der Waals surface area (Å²) in [5.74, 6) is 0.602. The Bertz CT molecular complexity index is 688. The van der Waals surface area contributed by atoms with Gasteiger partial charge in [0, 0.05) is 32.7 Å². The molecule has 1 fully saturated rings. The van der Waals surface area contributed by atoms with Gasteiger partial charge in [0.2, 0.25) is 0 Å². The van der Waals surface area contributed by atoms with Crippen molar-refractivity contribution in [2.24, 2.45) is 0 Å². The number of piperazine rings is 1. The predicted octanol–water partition coefficient (Wildman–Crippen LogP) is 1.27. The smallest absolute Gasteiger partial charge is 0.323 e. The van der Waals surface area contributed by atoms with Crippen molar-refractivity contribution in [1.82, 2.24) is 24.8 Å². The Labute approximate surface area is 139 Å². The zero-order valence-corrected chi connectivity index (χ0v) is 13.5. The second kappa shape index (κ2) is 7.16. The summed E-state index contributed by atoms with van der Waals surface area (Å²) in [5, 5.41) is 10.6. The van der Waals surface area contributed by atoms with Crippen molar-refractivity contribution in [3.63, 3.8) is 0 Å². The molecule has 0 unspecified atom stereocenters. The van der Waals surface area contributed by atoms with Gasteiger partial charge in [-0.05, 0) is 18.6 Å². The second-order valence-corrected chi connectivity index (χ2v) is 5.55. The van der Waals surface area contributed by atoms with Gasteiger partial charge in [0.15, 0.2) is 11.6 Å². The van der Waals surface area contributed by atoms with Gasteiger partial charge in [-0.2, -0.15) is 0 Å². The number of nitrogens with one attached hydrogen (secondary N) is 1. The minimum atomic E-state index is -0.233. The number of rotatable bonds is 4. The molecule has 128 valence electrons. The maximum atomic E-state index is 12.3. The van der Waals surface area contributed by atoms with Crippen molar-refractivity contribution < 1.29 is 14.0 Å². The predicted molar refractivity (Wildman–Crippen MR) is 85.5 cm³/mol. The lowest BCUT2D eigenvalue weighted by Crippen LogP contribution is -2.51. The zero-order chi connectivity index (χ0) is 16.9. The molecule has 9 heteroatoms. The average Bonchev–Trinajstić information content (AvgIpc) is 3.27. The quantitative estimate of drug-likeness (QED) is 0.909. The van der Waals surface area contributed by atoms with Crippen LogP contribution in [0.2, 0.25) is 0 Å². The molecule has 2 aromatic rings. The number of carbonyl (C=O) groups is 2. The number of amides is 3. The van der Waals surface area contributed by atoms with E-state index < -0.39 is 0 Å². The third-order valence-corrected chi connectivity index (χ3v) is 3.81. The number of aryl methyl sites for hydroxylation is 1. The molecule has 24 heavy (non-hydrogen) atoms. The van der Waals surface area contributed by atoms with E-state index in [1.165, 1.54) is 6.26 Å². The highest BCUT2D eigenvalue weighted by molar-refractivity contribution is 5.92. The first-order valence-corrected chi connectivity index (χ1v) is 7.96.